The zero-order valence-electron chi connectivity index (χ0n) is 2.37. The van der Waals surface area contributed by atoms with Crippen molar-refractivity contribution in [2.24, 2.45) is 0 Å². The minimum absolute atomic E-state index is 1.22. The van der Waals surface area contributed by atoms with Gasteiger partial charge in [0.1, 0.15) is 0 Å². The van der Waals surface area contributed by atoms with E-state index in [1.807, 2.05) is 0 Å². The van der Waals surface area contributed by atoms with E-state index in [1.54, 1.807) is 0 Å². The summed E-state index contributed by atoms with van der Waals surface area (Å²) >= 11 is 7.70. The summed E-state index contributed by atoms with van der Waals surface area (Å²) in [5.74, 6) is 0. The predicted molar refractivity (Wildman–Crippen MR) is 16.7 cm³/mol. The van der Waals surface area contributed by atoms with Crippen LogP contribution < -0.4 is 0 Å². The molecule has 0 aliphatic heterocycles. The Morgan fingerprint density at radius 2 is 1.80 bits per heavy atom. The van der Waals surface area contributed by atoms with Gasteiger partial charge in [0.2, 0.25) is 0 Å². The first-order valence-corrected chi connectivity index (χ1v) is 1.57. The molecule has 35 valence electrons. The van der Waals surface area contributed by atoms with Gasteiger partial charge in [-0.1, -0.05) is 18.2 Å². The SMILES string of the molecule is C=CCl.[O]=[Cu]. The van der Waals surface area contributed by atoms with Crippen LogP contribution >= 0.6 is 11.6 Å². The van der Waals surface area contributed by atoms with Crippen molar-refractivity contribution in [3.63, 3.8) is 0 Å². The van der Waals surface area contributed by atoms with Crippen LogP contribution in [0.1, 0.15) is 0 Å². The van der Waals surface area contributed by atoms with Crippen molar-refractivity contribution in [2.45, 2.75) is 0 Å². The Balaban J connectivity index is 0. The topological polar surface area (TPSA) is 17.1 Å². The van der Waals surface area contributed by atoms with Crippen molar-refractivity contribution in [2.75, 3.05) is 0 Å². The molecule has 0 rings (SSSR count). The monoisotopic (exact) mass is 141 g/mol. The molecule has 0 aliphatic rings. The molecule has 0 N–H and O–H groups in total. The van der Waals surface area contributed by atoms with Crippen molar-refractivity contribution in [1.82, 2.24) is 0 Å². The van der Waals surface area contributed by atoms with Crippen molar-refractivity contribution in [3.8, 4) is 0 Å². The Labute approximate surface area is 44.0 Å². The molecule has 0 spiro atoms. The molecule has 5 heavy (non-hydrogen) atoms. The second-order valence-corrected chi connectivity index (χ2v) is 0.463. The maximum atomic E-state index is 7.81. The van der Waals surface area contributed by atoms with E-state index in [4.69, 9.17) is 15.4 Å². The number of halogens is 1. The average Bonchev–Trinajstić information content (AvgIpc) is 1.46. The molecule has 0 aromatic carbocycles. The molecule has 0 fully saturated rings. The summed E-state index contributed by atoms with van der Waals surface area (Å²) in [6.45, 7) is 3.13. The van der Waals surface area contributed by atoms with Gasteiger partial charge in [-0.15, -0.1) is 0 Å². The van der Waals surface area contributed by atoms with E-state index in [0.717, 1.165) is 0 Å². The summed E-state index contributed by atoms with van der Waals surface area (Å²) in [5.41, 5.74) is 1.22. The van der Waals surface area contributed by atoms with Gasteiger partial charge in [0, 0.05) is 0 Å². The molecule has 0 unspecified atom stereocenters. The Morgan fingerprint density at radius 1 is 1.80 bits per heavy atom. The van der Waals surface area contributed by atoms with E-state index in [9.17, 15) is 0 Å². The van der Waals surface area contributed by atoms with Gasteiger partial charge in [0.25, 0.3) is 0 Å². The Hall–Kier alpha value is 0.349. The third-order valence-corrected chi connectivity index (χ3v) is 0. The molecule has 0 bridgehead atoms. The number of rotatable bonds is 0. The van der Waals surface area contributed by atoms with Gasteiger partial charge < -0.3 is 0 Å². The molecule has 0 radical (unpaired) electrons. The van der Waals surface area contributed by atoms with Crippen LogP contribution in [0.15, 0.2) is 12.1 Å². The van der Waals surface area contributed by atoms with Crippen LogP contribution in [0.25, 0.3) is 0 Å². The molecule has 0 aromatic rings. The zero-order chi connectivity index (χ0) is 4.71. The fraction of sp³-hybridized carbons (Fsp3) is 0. The summed E-state index contributed by atoms with van der Waals surface area (Å²) in [7, 11) is 0. The first-order valence-electron chi connectivity index (χ1n) is 0.750. The Kier molecular flexibility index (Phi) is 48.3. The van der Waals surface area contributed by atoms with E-state index in [1.165, 1.54) is 5.54 Å². The molecule has 0 heterocycles. The zero-order valence-corrected chi connectivity index (χ0v) is 4.07. The van der Waals surface area contributed by atoms with Gasteiger partial charge in [-0.05, 0) is 5.54 Å². The molecule has 0 aromatic heterocycles. The number of hydrogen-bond acceptors (Lipinski definition) is 1. The van der Waals surface area contributed by atoms with Crippen molar-refractivity contribution < 1.29 is 19.8 Å². The molecule has 3 heteroatoms. The fourth-order valence-corrected chi connectivity index (χ4v) is 0. The summed E-state index contributed by atoms with van der Waals surface area (Å²) < 4.78 is 7.81. The maximum absolute atomic E-state index is 7.81. The molecular weight excluding hydrogens is 139 g/mol. The standard InChI is InChI=1S/C2H3Cl.Cu.O/c1-2-3;;/h2H,1H2;;. The molecule has 0 amide bonds. The van der Waals surface area contributed by atoms with Crippen LogP contribution in [0.4, 0.5) is 0 Å². The first-order chi connectivity index (χ1) is 2.41. The molecule has 1 nitrogen and oxygen atoms in total. The van der Waals surface area contributed by atoms with Crippen molar-refractivity contribution in [1.29, 1.82) is 0 Å². The fourth-order valence-electron chi connectivity index (χ4n) is 0. The van der Waals surface area contributed by atoms with E-state index < -0.39 is 0 Å². The van der Waals surface area contributed by atoms with Gasteiger partial charge in [-0.2, -0.15) is 0 Å². The van der Waals surface area contributed by atoms with Crippen LogP contribution in [0, 0.1) is 0 Å². The van der Waals surface area contributed by atoms with Gasteiger partial charge in [-0.3, -0.25) is 0 Å². The van der Waals surface area contributed by atoms with Crippen molar-refractivity contribution >= 4 is 11.6 Å². The first kappa shape index (κ1) is 9.02. The van der Waals surface area contributed by atoms with Gasteiger partial charge in [-0.25, -0.2) is 0 Å². The molecular formula is C2H3ClCuO. The average molecular weight is 142 g/mol. The predicted octanol–water partition coefficient (Wildman–Crippen LogP) is 1.25. The summed E-state index contributed by atoms with van der Waals surface area (Å²) in [6, 6.07) is 0. The Morgan fingerprint density at radius 3 is 1.80 bits per heavy atom. The van der Waals surface area contributed by atoms with Crippen LogP contribution in [0.5, 0.6) is 0 Å². The second kappa shape index (κ2) is 26.8. The van der Waals surface area contributed by atoms with Gasteiger partial charge in [0.15, 0.2) is 0 Å². The van der Waals surface area contributed by atoms with Gasteiger partial charge >= 0.3 is 19.8 Å². The third kappa shape index (κ3) is 197. The van der Waals surface area contributed by atoms with Crippen LogP contribution in [-0.4, -0.2) is 0 Å². The van der Waals surface area contributed by atoms with E-state index in [2.05, 4.69) is 22.5 Å². The molecule has 0 saturated heterocycles. The normalized spacial score (nSPS) is 3.80. The molecule has 0 saturated carbocycles. The molecule has 0 atom stereocenters. The van der Waals surface area contributed by atoms with Crippen LogP contribution in [0.2, 0.25) is 0 Å². The third-order valence-electron chi connectivity index (χ3n) is 0. The van der Waals surface area contributed by atoms with Gasteiger partial charge in [0.05, 0.1) is 0 Å². The van der Waals surface area contributed by atoms with Crippen molar-refractivity contribution in [3.05, 3.63) is 12.1 Å². The van der Waals surface area contributed by atoms with E-state index >= 15 is 0 Å². The second-order valence-electron chi connectivity index (χ2n) is 0.154. The molecule has 0 aliphatic carbocycles. The Bertz CT molecular complexity index is 23.6. The minimum atomic E-state index is 1.22. The van der Waals surface area contributed by atoms with Crippen LogP contribution in [0.3, 0.4) is 0 Å². The van der Waals surface area contributed by atoms with E-state index in [-0.39, 0.29) is 0 Å². The quantitative estimate of drug-likeness (QED) is 0.465. The van der Waals surface area contributed by atoms with E-state index in [0.29, 0.717) is 0 Å². The number of hydrogen-bond donors (Lipinski definition) is 0. The summed E-state index contributed by atoms with van der Waals surface area (Å²) in [4.78, 5) is 0. The summed E-state index contributed by atoms with van der Waals surface area (Å²) in [6.07, 6.45) is 0. The summed E-state index contributed by atoms with van der Waals surface area (Å²) in [5, 5.41) is 0. The van der Waals surface area contributed by atoms with Crippen LogP contribution in [-0.2, 0) is 19.8 Å².